The normalized spacial score (nSPS) is 49.2. The van der Waals surface area contributed by atoms with Gasteiger partial charge in [-0.3, -0.25) is 0 Å². The molecule has 1 saturated heterocycles. The molecule has 0 saturated carbocycles. The molecule has 1 heterocycles. The van der Waals surface area contributed by atoms with Gasteiger partial charge in [0.15, 0.2) is 6.29 Å². The summed E-state index contributed by atoms with van der Waals surface area (Å²) in [5.74, 6) is 0. The fraction of sp³-hybridized carbons (Fsp3) is 1.00. The Morgan fingerprint density at radius 2 is 1.67 bits per heavy atom. The maximum absolute atomic E-state index is 9.27. The third-order valence-electron chi connectivity index (χ3n) is 2.04. The van der Waals surface area contributed by atoms with Crippen LogP contribution in [0.1, 0.15) is 6.92 Å². The number of rotatable bonds is 1. The van der Waals surface area contributed by atoms with E-state index in [0.29, 0.717) is 0 Å². The van der Waals surface area contributed by atoms with Crippen LogP contribution in [0.25, 0.3) is 0 Å². The molecule has 3 N–H and O–H groups in total. The van der Waals surface area contributed by atoms with Gasteiger partial charge in [0.1, 0.15) is 18.3 Å². The molecule has 1 fully saturated rings. The SMILES string of the molecule is CO[C@@H]1OC(C)[C@H](O)[C@H](O)C1O. The number of ether oxygens (including phenoxy) is 2. The maximum Gasteiger partial charge on any atom is 0.186 e. The van der Waals surface area contributed by atoms with Crippen LogP contribution in [0.5, 0.6) is 0 Å². The van der Waals surface area contributed by atoms with Crippen LogP contribution < -0.4 is 0 Å². The molecule has 2 unspecified atom stereocenters. The van der Waals surface area contributed by atoms with Crippen LogP contribution in [0, 0.1) is 0 Å². The maximum atomic E-state index is 9.27. The Bertz CT molecular complexity index is 146. The molecule has 0 amide bonds. The van der Waals surface area contributed by atoms with Gasteiger partial charge in [-0.1, -0.05) is 0 Å². The standard InChI is InChI=1S/C7H14O5/c1-3-4(8)5(9)6(10)7(11-2)12-3/h3-10H,1-2H3/t3?,4-,5-,6?,7+/m0/s1. The first-order valence-electron chi connectivity index (χ1n) is 3.80. The Kier molecular flexibility index (Phi) is 3.03. The predicted octanol–water partition coefficient (Wildman–Crippen LogP) is -1.54. The number of aliphatic hydroxyl groups is 3. The average Bonchev–Trinajstić information content (AvgIpc) is 2.08. The van der Waals surface area contributed by atoms with Crippen molar-refractivity contribution in [1.82, 2.24) is 0 Å². The molecule has 0 aromatic carbocycles. The second-order valence-electron chi connectivity index (χ2n) is 2.92. The Hall–Kier alpha value is -0.200. The van der Waals surface area contributed by atoms with Crippen molar-refractivity contribution in [2.24, 2.45) is 0 Å². The Balaban J connectivity index is 2.63. The van der Waals surface area contributed by atoms with E-state index >= 15 is 0 Å². The second-order valence-corrected chi connectivity index (χ2v) is 2.92. The highest BCUT2D eigenvalue weighted by Gasteiger charge is 2.41. The Labute approximate surface area is 70.5 Å². The van der Waals surface area contributed by atoms with Gasteiger partial charge in [-0.25, -0.2) is 0 Å². The Morgan fingerprint density at radius 3 is 2.17 bits per heavy atom. The van der Waals surface area contributed by atoms with Crippen molar-refractivity contribution < 1.29 is 24.8 Å². The smallest absolute Gasteiger partial charge is 0.186 e. The molecule has 0 spiro atoms. The molecule has 1 aliphatic rings. The summed E-state index contributed by atoms with van der Waals surface area (Å²) < 4.78 is 9.80. The highest BCUT2D eigenvalue weighted by Crippen LogP contribution is 2.20. The van der Waals surface area contributed by atoms with Crippen molar-refractivity contribution in [3.63, 3.8) is 0 Å². The van der Waals surface area contributed by atoms with Gasteiger partial charge in [0.05, 0.1) is 6.10 Å². The fourth-order valence-electron chi connectivity index (χ4n) is 1.21. The summed E-state index contributed by atoms with van der Waals surface area (Å²) in [5, 5.41) is 27.8. The molecule has 0 radical (unpaired) electrons. The summed E-state index contributed by atoms with van der Waals surface area (Å²) in [7, 11) is 1.37. The van der Waals surface area contributed by atoms with E-state index in [2.05, 4.69) is 0 Å². The third-order valence-corrected chi connectivity index (χ3v) is 2.04. The Morgan fingerprint density at radius 1 is 1.08 bits per heavy atom. The van der Waals surface area contributed by atoms with Crippen molar-refractivity contribution in [2.45, 2.75) is 37.6 Å². The molecule has 72 valence electrons. The number of methoxy groups -OCH3 is 1. The van der Waals surface area contributed by atoms with Crippen LogP contribution in [0.15, 0.2) is 0 Å². The molecular weight excluding hydrogens is 164 g/mol. The summed E-state index contributed by atoms with van der Waals surface area (Å²) in [6, 6.07) is 0. The highest BCUT2D eigenvalue weighted by molar-refractivity contribution is 4.86. The first-order chi connectivity index (χ1) is 5.57. The van der Waals surface area contributed by atoms with Crippen LogP contribution in [0.3, 0.4) is 0 Å². The molecule has 5 heteroatoms. The van der Waals surface area contributed by atoms with Crippen LogP contribution in [0.4, 0.5) is 0 Å². The van der Waals surface area contributed by atoms with E-state index in [1.54, 1.807) is 6.92 Å². The minimum absolute atomic E-state index is 0.534. The second kappa shape index (κ2) is 3.68. The van der Waals surface area contributed by atoms with Crippen molar-refractivity contribution in [3.05, 3.63) is 0 Å². The lowest BCUT2D eigenvalue weighted by molar-refractivity contribution is -0.286. The zero-order valence-electron chi connectivity index (χ0n) is 7.04. The number of aliphatic hydroxyl groups excluding tert-OH is 3. The molecule has 0 aliphatic carbocycles. The molecule has 5 atom stereocenters. The monoisotopic (exact) mass is 178 g/mol. The molecule has 5 nitrogen and oxygen atoms in total. The van der Waals surface area contributed by atoms with E-state index in [-0.39, 0.29) is 0 Å². The minimum Gasteiger partial charge on any atom is -0.388 e. The largest absolute Gasteiger partial charge is 0.388 e. The van der Waals surface area contributed by atoms with E-state index < -0.39 is 30.7 Å². The summed E-state index contributed by atoms with van der Waals surface area (Å²) in [4.78, 5) is 0. The molecule has 12 heavy (non-hydrogen) atoms. The van der Waals surface area contributed by atoms with Crippen molar-refractivity contribution in [3.8, 4) is 0 Å². The van der Waals surface area contributed by atoms with E-state index in [1.165, 1.54) is 7.11 Å². The summed E-state index contributed by atoms with van der Waals surface area (Å²) in [6.45, 7) is 1.60. The lowest BCUT2D eigenvalue weighted by atomic mass is 10.0. The van der Waals surface area contributed by atoms with Gasteiger partial charge in [0.25, 0.3) is 0 Å². The van der Waals surface area contributed by atoms with E-state index in [0.717, 1.165) is 0 Å². The first-order valence-corrected chi connectivity index (χ1v) is 3.80. The van der Waals surface area contributed by atoms with E-state index in [1.807, 2.05) is 0 Å². The van der Waals surface area contributed by atoms with Gasteiger partial charge < -0.3 is 24.8 Å². The zero-order chi connectivity index (χ0) is 9.30. The molecule has 1 rings (SSSR count). The summed E-state index contributed by atoms with van der Waals surface area (Å²) >= 11 is 0. The van der Waals surface area contributed by atoms with Gasteiger partial charge in [0.2, 0.25) is 0 Å². The van der Waals surface area contributed by atoms with Gasteiger partial charge in [-0.05, 0) is 6.92 Å². The average molecular weight is 178 g/mol. The van der Waals surface area contributed by atoms with Gasteiger partial charge >= 0.3 is 0 Å². The lowest BCUT2D eigenvalue weighted by Crippen LogP contribution is -2.57. The topological polar surface area (TPSA) is 79.2 Å². The van der Waals surface area contributed by atoms with Crippen molar-refractivity contribution >= 4 is 0 Å². The number of hydrogen-bond acceptors (Lipinski definition) is 5. The van der Waals surface area contributed by atoms with Crippen LogP contribution in [-0.2, 0) is 9.47 Å². The summed E-state index contributed by atoms with van der Waals surface area (Å²) in [5.41, 5.74) is 0. The van der Waals surface area contributed by atoms with Crippen LogP contribution in [0.2, 0.25) is 0 Å². The fourth-order valence-corrected chi connectivity index (χ4v) is 1.21. The third kappa shape index (κ3) is 1.60. The van der Waals surface area contributed by atoms with Crippen LogP contribution >= 0.6 is 0 Å². The van der Waals surface area contributed by atoms with Gasteiger partial charge in [-0.15, -0.1) is 0 Å². The highest BCUT2D eigenvalue weighted by atomic mass is 16.7. The molecule has 0 aromatic heterocycles. The first kappa shape index (κ1) is 9.88. The molecule has 0 aromatic rings. The lowest BCUT2D eigenvalue weighted by Gasteiger charge is -2.38. The molecule has 0 bridgehead atoms. The van der Waals surface area contributed by atoms with Gasteiger partial charge in [-0.2, -0.15) is 0 Å². The summed E-state index contributed by atoms with van der Waals surface area (Å²) in [6.07, 6.45) is -4.86. The molecule has 1 aliphatic heterocycles. The quantitative estimate of drug-likeness (QED) is 0.453. The van der Waals surface area contributed by atoms with E-state index in [9.17, 15) is 15.3 Å². The van der Waals surface area contributed by atoms with Gasteiger partial charge in [0, 0.05) is 7.11 Å². The van der Waals surface area contributed by atoms with Crippen molar-refractivity contribution in [2.75, 3.05) is 7.11 Å². The van der Waals surface area contributed by atoms with Crippen molar-refractivity contribution in [1.29, 1.82) is 0 Å². The number of hydrogen-bond donors (Lipinski definition) is 3. The predicted molar refractivity (Wildman–Crippen MR) is 39.4 cm³/mol. The van der Waals surface area contributed by atoms with Crippen LogP contribution in [-0.4, -0.2) is 53.1 Å². The minimum atomic E-state index is -1.21. The molecular formula is C7H14O5. The zero-order valence-corrected chi connectivity index (χ0v) is 7.04. The van der Waals surface area contributed by atoms with E-state index in [4.69, 9.17) is 9.47 Å².